The minimum Gasteiger partial charge on any atom is -0.508 e. The predicted octanol–water partition coefficient (Wildman–Crippen LogP) is 9.33. The Morgan fingerprint density at radius 1 is 0.493 bits per heavy atom. The summed E-state index contributed by atoms with van der Waals surface area (Å²) in [6.07, 6.45) is 5.26. The number of alkyl carbamates (subject to hydrolysis) is 2. The molecule has 0 unspecified atom stereocenters. The summed E-state index contributed by atoms with van der Waals surface area (Å²) in [6, 6.07) is 43.6. The van der Waals surface area contributed by atoms with Gasteiger partial charge in [0.25, 0.3) is 0 Å². The zero-order valence-electron chi connectivity index (χ0n) is 37.8. The normalized spacial score (nSPS) is 12.1. The fourth-order valence-corrected chi connectivity index (χ4v) is 6.61. The van der Waals surface area contributed by atoms with E-state index in [1.807, 2.05) is 121 Å². The number of ketones is 1. The highest BCUT2D eigenvalue weighted by atomic mass is 16.6. The summed E-state index contributed by atoms with van der Waals surface area (Å²) in [5.74, 6) is -1.86. The van der Waals surface area contributed by atoms with Crippen molar-refractivity contribution in [1.29, 1.82) is 0 Å². The van der Waals surface area contributed by atoms with Gasteiger partial charge < -0.3 is 44.2 Å². The fourth-order valence-electron chi connectivity index (χ4n) is 6.61. The number of carbonyl (C=O) groups excluding carboxylic acids is 5. The average Bonchev–Trinajstić information content (AvgIpc) is 3.37. The van der Waals surface area contributed by atoms with Crippen LogP contribution in [0.5, 0.6) is 23.0 Å². The molecule has 6 aromatic carbocycles. The highest BCUT2D eigenvalue weighted by Gasteiger charge is 2.27. The number of aliphatic hydroxyl groups is 1. The molecule has 0 aliphatic heterocycles. The molecule has 2 atom stereocenters. The van der Waals surface area contributed by atoms with Crippen LogP contribution in [0.15, 0.2) is 182 Å². The number of allylic oxidation sites excluding steroid dienone is 3. The third kappa shape index (κ3) is 16.2. The second kappa shape index (κ2) is 25.7. The molecule has 0 fully saturated rings. The highest BCUT2D eigenvalue weighted by Crippen LogP contribution is 2.31. The van der Waals surface area contributed by atoms with Gasteiger partial charge in [0.1, 0.15) is 31.1 Å². The molecule has 14 nitrogen and oxygen atoms in total. The monoisotopic (exact) mass is 930 g/mol. The van der Waals surface area contributed by atoms with Crippen molar-refractivity contribution < 1.29 is 57.5 Å². The lowest BCUT2D eigenvalue weighted by Gasteiger charge is -2.18. The van der Waals surface area contributed by atoms with Gasteiger partial charge in [-0.2, -0.15) is 0 Å². The van der Waals surface area contributed by atoms with Crippen molar-refractivity contribution in [3.05, 3.63) is 215 Å². The molecular weight excluding hydrogens is 881 g/mol. The van der Waals surface area contributed by atoms with E-state index in [9.17, 15) is 29.1 Å². The van der Waals surface area contributed by atoms with Crippen molar-refractivity contribution in [2.45, 2.75) is 38.1 Å². The highest BCUT2D eigenvalue weighted by molar-refractivity contribution is 6.02. The largest absolute Gasteiger partial charge is 0.508 e. The summed E-state index contributed by atoms with van der Waals surface area (Å²) in [6.45, 7) is 0.0272. The smallest absolute Gasteiger partial charge is 0.408 e. The van der Waals surface area contributed by atoms with E-state index in [0.29, 0.717) is 11.1 Å². The Kier molecular flexibility index (Phi) is 18.4. The minimum atomic E-state index is -1.10. The number of esters is 2. The molecule has 0 radical (unpaired) electrons. The van der Waals surface area contributed by atoms with Crippen LogP contribution in [0.4, 0.5) is 9.59 Å². The van der Waals surface area contributed by atoms with E-state index in [1.54, 1.807) is 24.3 Å². The Balaban J connectivity index is 1.05. The Morgan fingerprint density at radius 3 is 1.26 bits per heavy atom. The van der Waals surface area contributed by atoms with Crippen molar-refractivity contribution in [1.82, 2.24) is 10.6 Å². The van der Waals surface area contributed by atoms with Crippen molar-refractivity contribution in [3.63, 3.8) is 0 Å². The van der Waals surface area contributed by atoms with Gasteiger partial charge in [0.2, 0.25) is 0 Å². The number of hydrogen-bond acceptors (Lipinski definition) is 12. The maximum Gasteiger partial charge on any atom is 0.408 e. The van der Waals surface area contributed by atoms with Crippen molar-refractivity contribution >= 4 is 42.1 Å². The molecule has 0 heterocycles. The van der Waals surface area contributed by atoms with E-state index < -0.39 is 42.0 Å². The first-order valence-electron chi connectivity index (χ1n) is 21.7. The molecule has 14 heteroatoms. The average molecular weight is 931 g/mol. The number of hydrogen-bond donors (Lipinski definition) is 3. The topological polar surface area (TPSA) is 185 Å². The second-order valence-electron chi connectivity index (χ2n) is 15.2. The standard InChI is InChI=1S/C55H50N2O12/c1-64-50-33-40(25-29-48(50)68-52(60)46(31-38-15-7-3-8-16-38)56-54(62)66-36-42-19-11-5-12-20-42)23-27-44(58)35-45(59)28-24-41-26-30-49(51(34-41)65-2)69-53(61)47(32-39-17-9-4-10-18-39)57-55(63)67-37-43-21-13-6-14-22-43/h3-30,33-35,46-47,58H,31-32,36-37H2,1-2H3,(H,56,62)(H,57,63)/b27-23+,28-24+,44-35-/t46-,47-/m0/s1. The summed E-state index contributed by atoms with van der Waals surface area (Å²) < 4.78 is 33.1. The van der Waals surface area contributed by atoms with Gasteiger partial charge >= 0.3 is 24.1 Å². The molecule has 0 aromatic heterocycles. The summed E-state index contributed by atoms with van der Waals surface area (Å²) in [7, 11) is 2.79. The Morgan fingerprint density at radius 2 is 0.870 bits per heavy atom. The molecule has 69 heavy (non-hydrogen) atoms. The van der Waals surface area contributed by atoms with E-state index in [0.717, 1.165) is 28.3 Å². The number of carbonyl (C=O) groups is 5. The van der Waals surface area contributed by atoms with Gasteiger partial charge in [0, 0.05) is 18.9 Å². The third-order valence-electron chi connectivity index (χ3n) is 10.1. The maximum atomic E-state index is 13.5. The molecule has 6 rings (SSSR count). The van der Waals surface area contributed by atoms with Gasteiger partial charge in [-0.3, -0.25) is 4.79 Å². The van der Waals surface area contributed by atoms with Crippen LogP contribution >= 0.6 is 0 Å². The molecule has 2 amide bonds. The van der Waals surface area contributed by atoms with Crippen LogP contribution in [0.2, 0.25) is 0 Å². The van der Waals surface area contributed by atoms with E-state index in [1.165, 1.54) is 50.7 Å². The van der Waals surface area contributed by atoms with Gasteiger partial charge in [0.15, 0.2) is 28.8 Å². The second-order valence-corrected chi connectivity index (χ2v) is 15.2. The first-order valence-corrected chi connectivity index (χ1v) is 21.7. The lowest BCUT2D eigenvalue weighted by atomic mass is 10.1. The molecule has 6 aromatic rings. The first-order chi connectivity index (χ1) is 33.5. The lowest BCUT2D eigenvalue weighted by molar-refractivity contribution is -0.137. The van der Waals surface area contributed by atoms with Gasteiger partial charge in [-0.25, -0.2) is 19.2 Å². The van der Waals surface area contributed by atoms with E-state index in [4.69, 9.17) is 28.4 Å². The van der Waals surface area contributed by atoms with Crippen molar-refractivity contribution in [2.24, 2.45) is 0 Å². The summed E-state index contributed by atoms with van der Waals surface area (Å²) in [5.41, 5.74) is 4.19. The fraction of sp³-hybridized carbons (Fsp3) is 0.145. The SMILES string of the molecule is COc1cc(/C=C/C(=O)/C=C(O)/C=C/c2ccc(OC(=O)[C@H](Cc3ccccc3)NC(=O)OCc3ccccc3)c(OC)c2)ccc1OC(=O)[C@H](Cc1ccccc1)NC(=O)OCc1ccccc1. The van der Waals surface area contributed by atoms with Crippen LogP contribution in [-0.4, -0.2) is 61.3 Å². The Bertz CT molecular complexity index is 2760. The summed E-state index contributed by atoms with van der Waals surface area (Å²) in [4.78, 5) is 65.4. The molecule has 0 saturated heterocycles. The molecular formula is C55H50N2O12. The molecule has 0 aliphatic carbocycles. The molecule has 352 valence electrons. The predicted molar refractivity (Wildman–Crippen MR) is 258 cm³/mol. The number of amides is 2. The molecule has 0 aliphatic rings. The number of aliphatic hydroxyl groups excluding tert-OH is 1. The van der Waals surface area contributed by atoms with E-state index in [2.05, 4.69) is 10.6 Å². The van der Waals surface area contributed by atoms with Crippen LogP contribution < -0.4 is 29.6 Å². The Hall–Kier alpha value is -8.91. The number of ether oxygens (including phenoxy) is 6. The lowest BCUT2D eigenvalue weighted by Crippen LogP contribution is -2.44. The minimum absolute atomic E-state index is 0.0131. The first kappa shape index (κ1) is 49.5. The van der Waals surface area contributed by atoms with Crippen LogP contribution in [0.25, 0.3) is 12.2 Å². The van der Waals surface area contributed by atoms with Crippen molar-refractivity contribution in [3.8, 4) is 23.0 Å². The molecule has 0 spiro atoms. The molecule has 0 bridgehead atoms. The van der Waals surface area contributed by atoms with Crippen molar-refractivity contribution in [2.75, 3.05) is 14.2 Å². The number of methoxy groups -OCH3 is 2. The quantitative estimate of drug-likeness (QED) is 0.0205. The van der Waals surface area contributed by atoms with Crippen LogP contribution in [0, 0.1) is 0 Å². The van der Waals surface area contributed by atoms with E-state index >= 15 is 0 Å². The number of nitrogens with one attached hydrogen (secondary N) is 2. The third-order valence-corrected chi connectivity index (χ3v) is 10.1. The zero-order chi connectivity index (χ0) is 48.8. The zero-order valence-corrected chi connectivity index (χ0v) is 37.8. The van der Waals surface area contributed by atoms with Gasteiger partial charge in [-0.05, 0) is 69.8 Å². The van der Waals surface area contributed by atoms with Gasteiger partial charge in [0.05, 0.1) is 14.2 Å². The summed E-state index contributed by atoms with van der Waals surface area (Å²) >= 11 is 0. The van der Waals surface area contributed by atoms with Gasteiger partial charge in [-0.15, -0.1) is 0 Å². The Labute approximate surface area is 399 Å². The van der Waals surface area contributed by atoms with Crippen LogP contribution in [0.3, 0.4) is 0 Å². The molecule has 3 N–H and O–H groups in total. The van der Waals surface area contributed by atoms with Crippen LogP contribution in [-0.2, 0) is 49.9 Å². The summed E-state index contributed by atoms with van der Waals surface area (Å²) in [5, 5.41) is 15.8. The maximum absolute atomic E-state index is 13.5. The number of benzene rings is 6. The molecule has 0 saturated carbocycles. The van der Waals surface area contributed by atoms with E-state index in [-0.39, 0.29) is 54.8 Å². The van der Waals surface area contributed by atoms with Gasteiger partial charge in [-0.1, -0.05) is 146 Å². The van der Waals surface area contributed by atoms with Crippen LogP contribution in [0.1, 0.15) is 33.4 Å². The number of rotatable bonds is 21.